The zero-order valence-corrected chi connectivity index (χ0v) is 35.4. The Labute approximate surface area is 318 Å². The number of aliphatic hydroxyl groups excluding tert-OH is 2. The normalized spacial score (nSPS) is 22.3. The summed E-state index contributed by atoms with van der Waals surface area (Å²) in [6.07, 6.45) is 7.99. The highest BCUT2D eigenvalue weighted by atomic mass is 127. The van der Waals surface area contributed by atoms with E-state index in [9.17, 15) is 19.8 Å². The van der Waals surface area contributed by atoms with Gasteiger partial charge in [-0.1, -0.05) is 105 Å². The Hall–Kier alpha value is -1.09. The molecule has 0 spiro atoms. The number of benzene rings is 1. The number of aliphatic hydroxyl groups is 2. The number of carbonyl (C=O) groups excluding carboxylic acids is 2. The molecule has 6 atom stereocenters. The molecule has 1 aromatic carbocycles. The third kappa shape index (κ3) is 12.2. The molecule has 2 N–H and O–H groups in total. The van der Waals surface area contributed by atoms with Crippen LogP contribution in [-0.2, 0) is 20.4 Å². The minimum Gasteiger partial charge on any atom is -0.447 e. The van der Waals surface area contributed by atoms with E-state index in [1.807, 2.05) is 66.0 Å². The summed E-state index contributed by atoms with van der Waals surface area (Å²) >= 11 is 6.05. The predicted octanol–water partition coefficient (Wildman–Crippen LogP) is 9.15. The Morgan fingerprint density at radius 3 is 2.45 bits per heavy atom. The van der Waals surface area contributed by atoms with Gasteiger partial charge in [0.15, 0.2) is 8.32 Å². The molecular formula is C38H58INO6S2Si. The maximum Gasteiger partial charge on any atom is 0.416 e. The highest BCUT2D eigenvalue weighted by Crippen LogP contribution is 2.46. The second kappa shape index (κ2) is 19.1. The zero-order chi connectivity index (χ0) is 36.4. The van der Waals surface area contributed by atoms with E-state index in [0.717, 1.165) is 23.5 Å². The van der Waals surface area contributed by atoms with Gasteiger partial charge < -0.3 is 19.4 Å². The van der Waals surface area contributed by atoms with Gasteiger partial charge in [-0.25, -0.2) is 9.69 Å². The third-order valence-corrected chi connectivity index (χ3v) is 19.0. The van der Waals surface area contributed by atoms with Gasteiger partial charge >= 0.3 is 6.09 Å². The number of hydrogen-bond acceptors (Lipinski definition) is 8. The van der Waals surface area contributed by atoms with Crippen LogP contribution in [0.25, 0.3) is 0 Å². The molecule has 0 bridgehead atoms. The first-order valence-corrected chi connectivity index (χ1v) is 23.6. The molecule has 0 radical (unpaired) electrons. The van der Waals surface area contributed by atoms with Gasteiger partial charge in [0.05, 0.1) is 34.4 Å². The van der Waals surface area contributed by atoms with Crippen molar-refractivity contribution in [1.82, 2.24) is 4.90 Å². The van der Waals surface area contributed by atoms with Crippen molar-refractivity contribution in [3.05, 3.63) is 69.9 Å². The lowest BCUT2D eigenvalue weighted by Crippen LogP contribution is -2.49. The molecule has 0 unspecified atom stereocenters. The van der Waals surface area contributed by atoms with Crippen LogP contribution in [0.5, 0.6) is 0 Å². The Bertz CT molecular complexity index is 1310. The van der Waals surface area contributed by atoms with Crippen molar-refractivity contribution in [2.45, 2.75) is 120 Å². The maximum atomic E-state index is 14.2. The summed E-state index contributed by atoms with van der Waals surface area (Å²) in [5.74, 6) is 0.177. The third-order valence-electron chi connectivity index (χ3n) is 10.2. The molecule has 0 saturated carbocycles. The van der Waals surface area contributed by atoms with Crippen molar-refractivity contribution >= 4 is 66.4 Å². The van der Waals surface area contributed by atoms with Gasteiger partial charge in [-0.2, -0.15) is 0 Å². The first-order valence-electron chi connectivity index (χ1n) is 17.5. The number of halogens is 1. The maximum absolute atomic E-state index is 14.2. The molecule has 1 aromatic rings. The molecule has 2 aliphatic heterocycles. The second-order valence-corrected chi connectivity index (χ2v) is 23.9. The highest BCUT2D eigenvalue weighted by molar-refractivity contribution is 14.1. The number of cyclic esters (lactones) is 1. The largest absolute Gasteiger partial charge is 0.447 e. The molecule has 0 aromatic heterocycles. The summed E-state index contributed by atoms with van der Waals surface area (Å²) < 4.78 is 14.1. The summed E-state index contributed by atoms with van der Waals surface area (Å²) in [7, 11) is -1.97. The molecule has 3 rings (SSSR count). The van der Waals surface area contributed by atoms with E-state index < -0.39 is 50.4 Å². The van der Waals surface area contributed by atoms with Crippen LogP contribution in [0, 0.1) is 11.8 Å². The molecule has 0 aliphatic carbocycles. The number of carbonyl (C=O) groups is 2. The lowest BCUT2D eigenvalue weighted by molar-refractivity contribution is -0.139. The fraction of sp³-hybridized carbons (Fsp3) is 0.632. The van der Waals surface area contributed by atoms with E-state index in [-0.39, 0.29) is 21.8 Å². The van der Waals surface area contributed by atoms with Crippen LogP contribution in [0.15, 0.2) is 64.3 Å². The number of ether oxygens (including phenoxy) is 1. The molecule has 2 amide bonds. The van der Waals surface area contributed by atoms with Crippen LogP contribution in [-0.4, -0.2) is 82.0 Å². The fourth-order valence-electron chi connectivity index (χ4n) is 5.76. The average Bonchev–Trinajstić information content (AvgIpc) is 3.42. The van der Waals surface area contributed by atoms with Gasteiger partial charge in [0.1, 0.15) is 6.61 Å². The van der Waals surface area contributed by atoms with E-state index in [2.05, 4.69) is 74.4 Å². The second-order valence-electron chi connectivity index (χ2n) is 15.1. The van der Waals surface area contributed by atoms with Gasteiger partial charge in [0, 0.05) is 5.92 Å². The van der Waals surface area contributed by atoms with E-state index in [4.69, 9.17) is 9.16 Å². The minimum atomic E-state index is -1.97. The van der Waals surface area contributed by atoms with Crippen LogP contribution in [0.3, 0.4) is 0 Å². The first kappa shape index (κ1) is 42.3. The zero-order valence-electron chi connectivity index (χ0n) is 30.6. The van der Waals surface area contributed by atoms with Crippen molar-refractivity contribution in [3.63, 3.8) is 0 Å². The summed E-state index contributed by atoms with van der Waals surface area (Å²) in [5.41, 5.74) is 2.18. The topological polar surface area (TPSA) is 96.3 Å². The predicted molar refractivity (Wildman–Crippen MR) is 217 cm³/mol. The van der Waals surface area contributed by atoms with Crippen molar-refractivity contribution in [2.75, 3.05) is 18.1 Å². The Morgan fingerprint density at radius 1 is 1.18 bits per heavy atom. The number of thioether (sulfide) groups is 2. The van der Waals surface area contributed by atoms with Crippen molar-refractivity contribution < 1.29 is 29.0 Å². The van der Waals surface area contributed by atoms with Crippen LogP contribution < -0.4 is 0 Å². The minimum absolute atomic E-state index is 0.0229. The summed E-state index contributed by atoms with van der Waals surface area (Å²) in [6.45, 7) is 17.4. The van der Waals surface area contributed by atoms with Gasteiger partial charge in [-0.05, 0) is 90.8 Å². The molecule has 49 heavy (non-hydrogen) atoms. The number of allylic oxidation sites excluding steroid dienone is 2. The molecule has 274 valence electrons. The number of imide groups is 1. The van der Waals surface area contributed by atoms with Crippen LogP contribution in [0.2, 0.25) is 18.1 Å². The number of nitrogens with zero attached hydrogens (tertiary/aromatic N) is 1. The molecule has 2 fully saturated rings. The van der Waals surface area contributed by atoms with Crippen LogP contribution in [0.4, 0.5) is 4.79 Å². The van der Waals surface area contributed by atoms with Gasteiger partial charge in [-0.15, -0.1) is 23.5 Å². The number of amides is 2. The van der Waals surface area contributed by atoms with Crippen molar-refractivity contribution in [1.29, 1.82) is 0 Å². The molecule has 2 saturated heterocycles. The first-order chi connectivity index (χ1) is 23.0. The number of rotatable bonds is 16. The molecular weight excluding hydrogens is 786 g/mol. The van der Waals surface area contributed by atoms with Crippen molar-refractivity contribution in [3.8, 4) is 0 Å². The average molecular weight is 844 g/mol. The Kier molecular flexibility index (Phi) is 16.5. The van der Waals surface area contributed by atoms with Gasteiger partial charge in [-0.3, -0.25) is 4.79 Å². The summed E-state index contributed by atoms with van der Waals surface area (Å²) in [4.78, 5) is 28.4. The molecule has 2 heterocycles. The number of hydrogen-bond donors (Lipinski definition) is 2. The summed E-state index contributed by atoms with van der Waals surface area (Å²) in [5, 5.41) is 23.0. The summed E-state index contributed by atoms with van der Waals surface area (Å²) in [6, 6.07) is 9.28. The van der Waals surface area contributed by atoms with Crippen LogP contribution >= 0.6 is 46.1 Å². The molecule has 2 aliphatic rings. The highest BCUT2D eigenvalue weighted by Gasteiger charge is 2.45. The van der Waals surface area contributed by atoms with Crippen LogP contribution in [0.1, 0.15) is 72.8 Å². The monoisotopic (exact) mass is 843 g/mol. The fourth-order valence-corrected chi connectivity index (χ4v) is 10.5. The lowest BCUT2D eigenvalue weighted by Gasteiger charge is -2.39. The Morgan fingerprint density at radius 2 is 1.84 bits per heavy atom. The van der Waals surface area contributed by atoms with E-state index in [0.29, 0.717) is 25.7 Å². The molecule has 7 nitrogen and oxygen atoms in total. The molecule has 11 heteroatoms. The standard InChI is InChI=1S/C38H58INO6S2Si/c1-27(25-39)33(46-49(7,8)37(3,4)5)19-14-10-13-18-32(41)28(2)34(42)31(20-21-38(6)47-22-15-23-48-38)35(43)40-30(26-45-36(40)44)24-29-16-11-9-12-17-29/h9-14,16-18,25,28,30-34,41-42H,15,19-24,26H2,1-8H3/b14-10+,18-13+,27-25+/t28-,30-,31+,32-,33-,34+/m0/s1. The van der Waals surface area contributed by atoms with Crippen molar-refractivity contribution in [2.24, 2.45) is 11.8 Å². The SMILES string of the molecule is C/C(=C\I)[C@H](C/C=C/C=C/[C@H](O)[C@H](C)[C@@H](O)[C@@H](CCC1(C)SCCCS1)C(=O)N1C(=O)OC[C@@H]1Cc1ccccc1)O[Si](C)(C)C(C)(C)C. The quantitative estimate of drug-likeness (QED) is 0.0968. The van der Waals surface area contributed by atoms with E-state index in [1.54, 1.807) is 19.1 Å². The van der Waals surface area contributed by atoms with E-state index >= 15 is 0 Å². The van der Waals surface area contributed by atoms with Gasteiger partial charge in [0.2, 0.25) is 5.91 Å². The van der Waals surface area contributed by atoms with Gasteiger partial charge in [0.25, 0.3) is 0 Å². The Balaban J connectivity index is 1.74. The van der Waals surface area contributed by atoms with E-state index in [1.165, 1.54) is 10.5 Å². The lowest BCUT2D eigenvalue weighted by atomic mass is 9.84. The smallest absolute Gasteiger partial charge is 0.416 e.